The molecule has 0 radical (unpaired) electrons. The van der Waals surface area contributed by atoms with E-state index in [2.05, 4.69) is 24.1 Å². The highest BCUT2D eigenvalue weighted by Gasteiger charge is 2.24. The van der Waals surface area contributed by atoms with E-state index in [4.69, 9.17) is 9.47 Å². The summed E-state index contributed by atoms with van der Waals surface area (Å²) in [5.74, 6) is -1.41. The van der Waals surface area contributed by atoms with E-state index in [1.165, 1.54) is 7.11 Å². The van der Waals surface area contributed by atoms with Crippen molar-refractivity contribution in [3.05, 3.63) is 71.4 Å². The number of H-pyrrole nitrogens is 1. The quantitative estimate of drug-likeness (QED) is 0.543. The number of aromatic amines is 1. The van der Waals surface area contributed by atoms with Gasteiger partial charge in [0.2, 0.25) is 0 Å². The van der Waals surface area contributed by atoms with Gasteiger partial charge >= 0.3 is 11.9 Å². The molecule has 0 saturated carbocycles. The summed E-state index contributed by atoms with van der Waals surface area (Å²) in [4.78, 5) is 39.9. The van der Waals surface area contributed by atoms with Crippen molar-refractivity contribution in [2.24, 2.45) is 0 Å². The Hall–Kier alpha value is -3.61. The first kappa shape index (κ1) is 22.1. The van der Waals surface area contributed by atoms with Crippen molar-refractivity contribution in [3.63, 3.8) is 0 Å². The van der Waals surface area contributed by atoms with Crippen LogP contribution < -0.4 is 5.32 Å². The Labute approximate surface area is 180 Å². The van der Waals surface area contributed by atoms with E-state index in [0.29, 0.717) is 11.5 Å². The summed E-state index contributed by atoms with van der Waals surface area (Å²) in [7, 11) is 1.26. The number of para-hydroxylation sites is 1. The van der Waals surface area contributed by atoms with Crippen LogP contribution in [0, 0.1) is 0 Å². The molecule has 0 unspecified atom stereocenters. The molecule has 3 aromatic rings. The fourth-order valence-electron chi connectivity index (χ4n) is 3.31. The molecule has 1 atom stereocenters. The summed E-state index contributed by atoms with van der Waals surface area (Å²) < 4.78 is 9.93. The minimum Gasteiger partial charge on any atom is -0.467 e. The molecule has 1 amide bonds. The Morgan fingerprint density at radius 3 is 2.42 bits per heavy atom. The number of aromatic nitrogens is 1. The van der Waals surface area contributed by atoms with Gasteiger partial charge in [-0.2, -0.15) is 0 Å². The highest BCUT2D eigenvalue weighted by atomic mass is 16.5. The molecule has 7 heteroatoms. The van der Waals surface area contributed by atoms with Crippen LogP contribution >= 0.6 is 0 Å². The van der Waals surface area contributed by atoms with E-state index in [9.17, 15) is 14.4 Å². The normalized spacial score (nSPS) is 11.9. The molecule has 0 aliphatic rings. The van der Waals surface area contributed by atoms with E-state index in [1.807, 2.05) is 36.4 Å². The third-order valence-electron chi connectivity index (χ3n) is 5.07. The molecule has 0 aliphatic carbocycles. The van der Waals surface area contributed by atoms with Crippen molar-refractivity contribution in [1.29, 1.82) is 0 Å². The van der Waals surface area contributed by atoms with Crippen molar-refractivity contribution in [1.82, 2.24) is 10.3 Å². The molecule has 0 saturated heterocycles. The number of carbonyl (C=O) groups is 3. The molecule has 1 aromatic heterocycles. The van der Waals surface area contributed by atoms with Crippen molar-refractivity contribution in [2.45, 2.75) is 32.2 Å². The van der Waals surface area contributed by atoms with Crippen LogP contribution in [0.15, 0.2) is 54.7 Å². The van der Waals surface area contributed by atoms with Gasteiger partial charge < -0.3 is 19.8 Å². The predicted molar refractivity (Wildman–Crippen MR) is 117 cm³/mol. The number of fused-ring (bicyclic) bond motifs is 1. The van der Waals surface area contributed by atoms with Crippen LogP contribution in [0.2, 0.25) is 0 Å². The average Bonchev–Trinajstić information content (AvgIpc) is 3.19. The molecule has 0 aliphatic heterocycles. The van der Waals surface area contributed by atoms with Gasteiger partial charge in [0.05, 0.1) is 12.7 Å². The SMILES string of the molecule is COC(=O)[C@@H](Cc1c[nH]c2ccccc12)NC(=O)COC(=O)c1ccc(C(C)C)cc1. The number of hydrogen-bond donors (Lipinski definition) is 2. The lowest BCUT2D eigenvalue weighted by Crippen LogP contribution is -2.44. The van der Waals surface area contributed by atoms with E-state index < -0.39 is 30.5 Å². The van der Waals surface area contributed by atoms with Gasteiger partial charge in [-0.05, 0) is 35.2 Å². The molecule has 1 heterocycles. The standard InChI is InChI=1S/C24H26N2O5/c1-15(2)16-8-10-17(11-9-16)23(28)31-14-22(27)26-21(24(29)30-3)12-18-13-25-20-7-5-4-6-19(18)20/h4-11,13,15,21,25H,12,14H2,1-3H3,(H,26,27)/t21-/m1/s1. The monoisotopic (exact) mass is 422 g/mol. The summed E-state index contributed by atoms with van der Waals surface area (Å²) in [6, 6.07) is 13.8. The molecular weight excluding hydrogens is 396 g/mol. The number of amides is 1. The van der Waals surface area contributed by atoms with E-state index in [0.717, 1.165) is 22.0 Å². The van der Waals surface area contributed by atoms with Crippen LogP contribution in [0.4, 0.5) is 0 Å². The van der Waals surface area contributed by atoms with Crippen molar-refractivity contribution >= 4 is 28.7 Å². The fraction of sp³-hybridized carbons (Fsp3) is 0.292. The molecule has 3 rings (SSSR count). The molecule has 7 nitrogen and oxygen atoms in total. The van der Waals surface area contributed by atoms with Gasteiger partial charge in [-0.25, -0.2) is 9.59 Å². The summed E-state index contributed by atoms with van der Waals surface area (Å²) in [5.41, 5.74) is 3.27. The molecular formula is C24H26N2O5. The molecule has 2 aromatic carbocycles. The third kappa shape index (κ3) is 5.51. The lowest BCUT2D eigenvalue weighted by molar-refractivity contribution is -0.145. The summed E-state index contributed by atoms with van der Waals surface area (Å²) in [5, 5.41) is 3.56. The average molecular weight is 422 g/mol. The zero-order valence-corrected chi connectivity index (χ0v) is 17.8. The number of nitrogens with one attached hydrogen (secondary N) is 2. The first-order valence-electron chi connectivity index (χ1n) is 10.1. The Morgan fingerprint density at radius 1 is 1.03 bits per heavy atom. The first-order valence-corrected chi connectivity index (χ1v) is 10.1. The lowest BCUT2D eigenvalue weighted by atomic mass is 10.0. The second kappa shape index (κ2) is 9.93. The predicted octanol–water partition coefficient (Wildman–Crippen LogP) is 3.35. The van der Waals surface area contributed by atoms with Gasteiger partial charge in [0, 0.05) is 23.5 Å². The van der Waals surface area contributed by atoms with Crippen LogP contribution in [0.25, 0.3) is 10.9 Å². The van der Waals surface area contributed by atoms with Crippen LogP contribution in [-0.4, -0.2) is 42.6 Å². The second-order valence-corrected chi connectivity index (χ2v) is 7.56. The maximum absolute atomic E-state index is 12.3. The zero-order valence-electron chi connectivity index (χ0n) is 17.8. The van der Waals surface area contributed by atoms with Crippen molar-refractivity contribution < 1.29 is 23.9 Å². The summed E-state index contributed by atoms with van der Waals surface area (Å²) in [6.45, 7) is 3.63. The Kier molecular flexibility index (Phi) is 7.07. The third-order valence-corrected chi connectivity index (χ3v) is 5.07. The molecule has 31 heavy (non-hydrogen) atoms. The number of hydrogen-bond acceptors (Lipinski definition) is 5. The van der Waals surface area contributed by atoms with Crippen LogP contribution in [0.5, 0.6) is 0 Å². The Morgan fingerprint density at radius 2 is 1.74 bits per heavy atom. The first-order chi connectivity index (χ1) is 14.9. The van der Waals surface area contributed by atoms with Gasteiger partial charge in [0.15, 0.2) is 6.61 Å². The maximum Gasteiger partial charge on any atom is 0.338 e. The molecule has 0 fully saturated rings. The Balaban J connectivity index is 1.60. The molecule has 0 bridgehead atoms. The zero-order chi connectivity index (χ0) is 22.4. The van der Waals surface area contributed by atoms with Crippen molar-refractivity contribution in [3.8, 4) is 0 Å². The minimum absolute atomic E-state index is 0.243. The number of rotatable bonds is 8. The van der Waals surface area contributed by atoms with Gasteiger partial charge in [0.1, 0.15) is 6.04 Å². The van der Waals surface area contributed by atoms with Crippen LogP contribution in [0.3, 0.4) is 0 Å². The van der Waals surface area contributed by atoms with Crippen LogP contribution in [0.1, 0.15) is 41.3 Å². The number of esters is 2. The smallest absolute Gasteiger partial charge is 0.338 e. The summed E-state index contributed by atoms with van der Waals surface area (Å²) in [6.07, 6.45) is 2.04. The topological polar surface area (TPSA) is 97.5 Å². The van der Waals surface area contributed by atoms with Gasteiger partial charge in [-0.3, -0.25) is 4.79 Å². The Bertz CT molecular complexity index is 1070. The number of carbonyl (C=O) groups excluding carboxylic acids is 3. The molecule has 2 N–H and O–H groups in total. The van der Waals surface area contributed by atoms with Gasteiger partial charge in [0.25, 0.3) is 5.91 Å². The number of methoxy groups -OCH3 is 1. The highest BCUT2D eigenvalue weighted by molar-refractivity contribution is 5.92. The fourth-order valence-corrected chi connectivity index (χ4v) is 3.31. The largest absolute Gasteiger partial charge is 0.467 e. The molecule has 162 valence electrons. The van der Waals surface area contributed by atoms with Crippen LogP contribution in [-0.2, 0) is 25.5 Å². The van der Waals surface area contributed by atoms with Gasteiger partial charge in [-0.15, -0.1) is 0 Å². The minimum atomic E-state index is -0.902. The second-order valence-electron chi connectivity index (χ2n) is 7.56. The molecule has 0 spiro atoms. The summed E-state index contributed by atoms with van der Waals surface area (Å²) >= 11 is 0. The lowest BCUT2D eigenvalue weighted by Gasteiger charge is -2.16. The highest BCUT2D eigenvalue weighted by Crippen LogP contribution is 2.19. The van der Waals surface area contributed by atoms with E-state index >= 15 is 0 Å². The maximum atomic E-state index is 12.3. The van der Waals surface area contributed by atoms with Gasteiger partial charge in [-0.1, -0.05) is 44.2 Å². The number of ether oxygens (including phenoxy) is 2. The van der Waals surface area contributed by atoms with Crippen molar-refractivity contribution in [2.75, 3.05) is 13.7 Å². The van der Waals surface area contributed by atoms with E-state index in [1.54, 1.807) is 18.3 Å². The van der Waals surface area contributed by atoms with E-state index in [-0.39, 0.29) is 6.42 Å². The number of benzene rings is 2.